The van der Waals surface area contributed by atoms with Gasteiger partial charge in [0, 0.05) is 17.1 Å². The number of alkyl halides is 1. The van der Waals surface area contributed by atoms with E-state index in [4.69, 9.17) is 4.43 Å². The summed E-state index contributed by atoms with van der Waals surface area (Å²) in [6.45, 7) is 14.2. The summed E-state index contributed by atoms with van der Waals surface area (Å²) in [6.07, 6.45) is 1.86. The number of aryl methyl sites for hydroxylation is 1. The molecule has 0 unspecified atom stereocenters. The molecule has 0 radical (unpaired) electrons. The lowest BCUT2D eigenvalue weighted by Crippen LogP contribution is -2.40. The Morgan fingerprint density at radius 2 is 1.94 bits per heavy atom. The van der Waals surface area contributed by atoms with Gasteiger partial charge in [-0.25, -0.2) is 0 Å². The summed E-state index contributed by atoms with van der Waals surface area (Å²) < 4.78 is 6.28. The molecular weight excluding hydrogens is 306 g/mol. The third-order valence-corrected chi connectivity index (χ3v) is 8.90. The quantitative estimate of drug-likeness (QED) is 0.584. The molecule has 0 bridgehead atoms. The van der Waals surface area contributed by atoms with Gasteiger partial charge in [-0.1, -0.05) is 36.7 Å². The van der Waals surface area contributed by atoms with E-state index in [1.807, 2.05) is 6.20 Å². The summed E-state index contributed by atoms with van der Waals surface area (Å²) >= 11 is 3.50. The second kappa shape index (κ2) is 5.84. The minimum Gasteiger partial charge on any atom is -0.412 e. The molecule has 0 aliphatic heterocycles. The predicted molar refractivity (Wildman–Crippen MR) is 83.6 cm³/mol. The van der Waals surface area contributed by atoms with Crippen LogP contribution in [-0.2, 0) is 16.4 Å². The fourth-order valence-electron chi connectivity index (χ4n) is 1.43. The first-order valence-corrected chi connectivity index (χ1v) is 10.4. The maximum absolute atomic E-state index is 6.28. The zero-order chi connectivity index (χ0) is 14.0. The van der Waals surface area contributed by atoms with E-state index in [0.717, 1.165) is 11.0 Å². The molecule has 0 amide bonds. The van der Waals surface area contributed by atoms with E-state index in [2.05, 4.69) is 67.8 Å². The molecule has 1 rings (SSSR count). The van der Waals surface area contributed by atoms with Gasteiger partial charge in [-0.15, -0.1) is 0 Å². The highest BCUT2D eigenvalue weighted by atomic mass is 79.9. The van der Waals surface area contributed by atoms with Gasteiger partial charge in [-0.05, 0) is 36.7 Å². The third kappa shape index (κ3) is 3.65. The number of hydrogen-bond donors (Lipinski definition) is 0. The first kappa shape index (κ1) is 15.9. The molecular formula is C14H24BrNOSi. The molecule has 18 heavy (non-hydrogen) atoms. The molecule has 0 atom stereocenters. The van der Waals surface area contributed by atoms with E-state index in [1.54, 1.807) is 0 Å². The Morgan fingerprint density at radius 1 is 1.33 bits per heavy atom. The number of pyridine rings is 1. The van der Waals surface area contributed by atoms with Gasteiger partial charge in [0.1, 0.15) is 0 Å². The van der Waals surface area contributed by atoms with Gasteiger partial charge < -0.3 is 4.43 Å². The van der Waals surface area contributed by atoms with Gasteiger partial charge in [0.2, 0.25) is 0 Å². The van der Waals surface area contributed by atoms with E-state index >= 15 is 0 Å². The monoisotopic (exact) mass is 329 g/mol. The SMILES string of the molecule is Cc1ccnc(CBr)c1CO[Si](C)(C)C(C)(C)C. The van der Waals surface area contributed by atoms with Crippen LogP contribution in [0.3, 0.4) is 0 Å². The Morgan fingerprint density at radius 3 is 2.44 bits per heavy atom. The standard InChI is InChI=1S/C14H24BrNOSi/c1-11-7-8-16-13(9-15)12(11)10-17-18(5,6)14(2,3)4/h7-8H,9-10H2,1-6H3. The summed E-state index contributed by atoms with van der Waals surface area (Å²) in [4.78, 5) is 4.41. The lowest BCUT2D eigenvalue weighted by atomic mass is 10.1. The number of nitrogens with zero attached hydrogens (tertiary/aromatic N) is 1. The topological polar surface area (TPSA) is 22.1 Å². The van der Waals surface area contributed by atoms with Crippen LogP contribution in [-0.4, -0.2) is 13.3 Å². The molecule has 0 aliphatic carbocycles. The van der Waals surface area contributed by atoms with Gasteiger partial charge >= 0.3 is 0 Å². The molecule has 1 aromatic heterocycles. The highest BCUT2D eigenvalue weighted by Gasteiger charge is 2.37. The van der Waals surface area contributed by atoms with E-state index in [0.29, 0.717) is 6.61 Å². The van der Waals surface area contributed by atoms with Gasteiger partial charge in [-0.3, -0.25) is 4.98 Å². The second-order valence-corrected chi connectivity index (χ2v) is 11.6. The molecule has 0 spiro atoms. The molecule has 1 heterocycles. The van der Waals surface area contributed by atoms with Gasteiger partial charge in [0.25, 0.3) is 0 Å². The Hall–Kier alpha value is -0.193. The minimum absolute atomic E-state index is 0.248. The van der Waals surface area contributed by atoms with Crippen molar-refractivity contribution in [3.63, 3.8) is 0 Å². The van der Waals surface area contributed by atoms with Crippen molar-refractivity contribution in [1.29, 1.82) is 0 Å². The fraction of sp³-hybridized carbons (Fsp3) is 0.643. The van der Waals surface area contributed by atoms with Crippen molar-refractivity contribution >= 4 is 24.2 Å². The maximum Gasteiger partial charge on any atom is 0.192 e. The highest BCUT2D eigenvalue weighted by Crippen LogP contribution is 2.37. The van der Waals surface area contributed by atoms with Crippen LogP contribution < -0.4 is 0 Å². The van der Waals surface area contributed by atoms with Crippen molar-refractivity contribution in [2.24, 2.45) is 0 Å². The van der Waals surface area contributed by atoms with Crippen LogP contribution in [0, 0.1) is 6.92 Å². The average molecular weight is 330 g/mol. The van der Waals surface area contributed by atoms with Crippen molar-refractivity contribution < 1.29 is 4.43 Å². The minimum atomic E-state index is -1.69. The fourth-order valence-corrected chi connectivity index (χ4v) is 2.85. The number of aromatic nitrogens is 1. The van der Waals surface area contributed by atoms with Crippen LogP contribution in [0.4, 0.5) is 0 Å². The average Bonchev–Trinajstić information content (AvgIpc) is 2.25. The molecule has 0 saturated heterocycles. The van der Waals surface area contributed by atoms with Crippen molar-refractivity contribution in [2.75, 3.05) is 0 Å². The van der Waals surface area contributed by atoms with Gasteiger partial charge in [0.15, 0.2) is 8.32 Å². The van der Waals surface area contributed by atoms with Crippen LogP contribution in [0.2, 0.25) is 18.1 Å². The normalized spacial score (nSPS) is 12.8. The van der Waals surface area contributed by atoms with E-state index in [1.165, 1.54) is 11.1 Å². The Kier molecular flexibility index (Phi) is 5.15. The third-order valence-electron chi connectivity index (χ3n) is 3.89. The molecule has 1 aromatic rings. The van der Waals surface area contributed by atoms with Gasteiger partial charge in [-0.2, -0.15) is 0 Å². The molecule has 0 aliphatic rings. The zero-order valence-corrected chi connectivity index (χ0v) is 14.9. The zero-order valence-electron chi connectivity index (χ0n) is 12.3. The van der Waals surface area contributed by atoms with Crippen molar-refractivity contribution in [2.45, 2.75) is 57.8 Å². The number of halogens is 1. The largest absolute Gasteiger partial charge is 0.412 e. The van der Waals surface area contributed by atoms with Crippen LogP contribution in [0.15, 0.2) is 12.3 Å². The Labute approximate surface area is 120 Å². The molecule has 4 heteroatoms. The number of rotatable bonds is 4. The van der Waals surface area contributed by atoms with Crippen LogP contribution >= 0.6 is 15.9 Å². The Bertz CT molecular complexity index is 413. The summed E-state index contributed by atoms with van der Waals surface area (Å²) in [6, 6.07) is 2.05. The van der Waals surface area contributed by atoms with Crippen molar-refractivity contribution in [1.82, 2.24) is 4.98 Å². The molecule has 0 fully saturated rings. The van der Waals surface area contributed by atoms with Gasteiger partial charge in [0.05, 0.1) is 12.3 Å². The summed E-state index contributed by atoms with van der Waals surface area (Å²) in [5.74, 6) is 0. The number of hydrogen-bond acceptors (Lipinski definition) is 2. The molecule has 2 nitrogen and oxygen atoms in total. The van der Waals surface area contributed by atoms with Crippen LogP contribution in [0.5, 0.6) is 0 Å². The van der Waals surface area contributed by atoms with Crippen molar-refractivity contribution in [3.8, 4) is 0 Å². The van der Waals surface area contributed by atoms with E-state index < -0.39 is 8.32 Å². The molecule has 0 aromatic carbocycles. The van der Waals surface area contributed by atoms with Crippen LogP contribution in [0.25, 0.3) is 0 Å². The summed E-state index contributed by atoms with van der Waals surface area (Å²) in [5, 5.41) is 1.03. The lowest BCUT2D eigenvalue weighted by molar-refractivity contribution is 0.274. The van der Waals surface area contributed by atoms with Crippen molar-refractivity contribution in [3.05, 3.63) is 29.1 Å². The first-order valence-electron chi connectivity index (χ1n) is 6.32. The van der Waals surface area contributed by atoms with Crippen LogP contribution in [0.1, 0.15) is 37.6 Å². The second-order valence-electron chi connectivity index (χ2n) is 6.24. The molecule has 0 saturated carbocycles. The summed E-state index contributed by atoms with van der Waals surface area (Å²) in [7, 11) is -1.69. The lowest BCUT2D eigenvalue weighted by Gasteiger charge is -2.36. The highest BCUT2D eigenvalue weighted by molar-refractivity contribution is 9.08. The summed E-state index contributed by atoms with van der Waals surface area (Å²) in [5.41, 5.74) is 3.59. The Balaban J connectivity index is 2.87. The predicted octanol–water partition coefficient (Wildman–Crippen LogP) is 4.81. The van der Waals surface area contributed by atoms with E-state index in [9.17, 15) is 0 Å². The maximum atomic E-state index is 6.28. The molecule has 0 N–H and O–H groups in total. The smallest absolute Gasteiger partial charge is 0.192 e. The first-order chi connectivity index (χ1) is 8.19. The molecule has 102 valence electrons. The van der Waals surface area contributed by atoms with E-state index in [-0.39, 0.29) is 5.04 Å².